The van der Waals surface area contributed by atoms with Crippen molar-refractivity contribution in [2.75, 3.05) is 0 Å². The Morgan fingerprint density at radius 2 is 1.39 bits per heavy atom. The largest absolute Gasteiger partial charge is 0.422 e. The molecule has 0 N–H and O–H groups in total. The molecule has 0 atom stereocenters. The molecular formula is C23H14IO2S2+. The predicted octanol–water partition coefficient (Wildman–Crippen LogP) is 7.62. The van der Waals surface area contributed by atoms with E-state index in [1.165, 1.54) is 36.4 Å². The quantitative estimate of drug-likeness (QED) is 0.107. The van der Waals surface area contributed by atoms with Gasteiger partial charge in [-0.1, -0.05) is 24.3 Å². The number of benzene rings is 3. The Bertz CT molecular complexity index is 1260. The van der Waals surface area contributed by atoms with Crippen LogP contribution in [0.3, 0.4) is 0 Å². The SMILES string of the molecule is O=C(Oc1ccc(-[s+]2c3ccccc3c3ccccc32)cc1)c1ccc(I)s1. The van der Waals surface area contributed by atoms with Crippen LogP contribution in [0.1, 0.15) is 9.67 Å². The van der Waals surface area contributed by atoms with Crippen molar-refractivity contribution >= 4 is 70.5 Å². The Labute approximate surface area is 182 Å². The monoisotopic (exact) mass is 513 g/mol. The molecule has 0 radical (unpaired) electrons. The van der Waals surface area contributed by atoms with Gasteiger partial charge in [0.1, 0.15) is 10.6 Å². The third kappa shape index (κ3) is 3.13. The fourth-order valence-electron chi connectivity index (χ4n) is 3.33. The molecule has 0 aliphatic heterocycles. The van der Waals surface area contributed by atoms with Crippen LogP contribution in [0.4, 0.5) is 0 Å². The lowest BCUT2D eigenvalue weighted by molar-refractivity contribution is 0.0740. The van der Waals surface area contributed by atoms with Gasteiger partial charge < -0.3 is 4.74 Å². The molecule has 0 saturated heterocycles. The number of carbonyl (C=O) groups excluding carboxylic acids is 1. The Balaban J connectivity index is 1.53. The lowest BCUT2D eigenvalue weighted by Crippen LogP contribution is -2.05. The van der Waals surface area contributed by atoms with E-state index in [1.807, 2.05) is 18.2 Å². The van der Waals surface area contributed by atoms with Gasteiger partial charge in [-0.2, -0.15) is 0 Å². The van der Waals surface area contributed by atoms with Crippen molar-refractivity contribution in [2.45, 2.75) is 0 Å². The number of rotatable bonds is 3. The topological polar surface area (TPSA) is 26.3 Å². The number of ether oxygens (including phenoxy) is 1. The van der Waals surface area contributed by atoms with Gasteiger partial charge in [-0.15, -0.1) is 11.3 Å². The van der Waals surface area contributed by atoms with Gasteiger partial charge in [0.15, 0.2) is 14.3 Å². The van der Waals surface area contributed by atoms with Crippen molar-refractivity contribution in [3.05, 3.63) is 92.7 Å². The second-order valence-electron chi connectivity index (χ2n) is 6.26. The highest BCUT2D eigenvalue weighted by Gasteiger charge is 2.23. The fourth-order valence-corrected chi connectivity index (χ4v) is 7.21. The van der Waals surface area contributed by atoms with Crippen LogP contribution < -0.4 is 4.74 Å². The highest BCUT2D eigenvalue weighted by molar-refractivity contribution is 14.1. The summed E-state index contributed by atoms with van der Waals surface area (Å²) < 4.78 is 9.31. The summed E-state index contributed by atoms with van der Waals surface area (Å²) in [6.07, 6.45) is 0. The smallest absolute Gasteiger partial charge is 0.353 e. The van der Waals surface area contributed by atoms with Gasteiger partial charge in [-0.25, -0.2) is 4.79 Å². The van der Waals surface area contributed by atoms with E-state index in [4.69, 9.17) is 4.74 Å². The first-order valence-corrected chi connectivity index (χ1v) is 11.8. The summed E-state index contributed by atoms with van der Waals surface area (Å²) in [5, 5.41) is 2.62. The molecule has 0 fully saturated rings. The fraction of sp³-hybridized carbons (Fsp3) is 0. The maximum atomic E-state index is 12.3. The van der Waals surface area contributed by atoms with Crippen LogP contribution in [0.2, 0.25) is 0 Å². The number of esters is 1. The van der Waals surface area contributed by atoms with Crippen LogP contribution in [0, 0.1) is 2.88 Å². The minimum absolute atomic E-state index is 0.134. The van der Waals surface area contributed by atoms with Crippen LogP contribution in [-0.4, -0.2) is 5.97 Å². The van der Waals surface area contributed by atoms with E-state index in [0.717, 1.165) is 2.88 Å². The molecule has 2 nitrogen and oxygen atoms in total. The molecule has 0 spiro atoms. The normalized spacial score (nSPS) is 11.2. The van der Waals surface area contributed by atoms with Crippen LogP contribution in [-0.2, 0) is 0 Å². The first-order chi connectivity index (χ1) is 13.7. The van der Waals surface area contributed by atoms with Crippen molar-refractivity contribution < 1.29 is 9.53 Å². The lowest BCUT2D eigenvalue weighted by atomic mass is 10.2. The number of halogens is 1. The van der Waals surface area contributed by atoms with E-state index in [-0.39, 0.29) is 16.4 Å². The van der Waals surface area contributed by atoms with Crippen molar-refractivity contribution in [2.24, 2.45) is 0 Å². The first-order valence-electron chi connectivity index (χ1n) is 8.71. The molecule has 5 aromatic rings. The predicted molar refractivity (Wildman–Crippen MR) is 127 cm³/mol. The molecule has 0 bridgehead atoms. The summed E-state index contributed by atoms with van der Waals surface area (Å²) in [6, 6.07) is 28.9. The van der Waals surface area contributed by atoms with E-state index >= 15 is 0 Å². The van der Waals surface area contributed by atoms with E-state index in [2.05, 4.69) is 83.3 Å². The lowest BCUT2D eigenvalue weighted by Gasteiger charge is -2.02. The van der Waals surface area contributed by atoms with E-state index < -0.39 is 0 Å². The number of fused-ring (bicyclic) bond motifs is 3. The molecule has 136 valence electrons. The molecule has 28 heavy (non-hydrogen) atoms. The van der Waals surface area contributed by atoms with Crippen molar-refractivity contribution in [3.63, 3.8) is 0 Å². The van der Waals surface area contributed by atoms with Crippen LogP contribution in [0.5, 0.6) is 5.75 Å². The summed E-state index contributed by atoms with van der Waals surface area (Å²) in [4.78, 5) is 14.1. The van der Waals surface area contributed by atoms with Gasteiger partial charge in [0.25, 0.3) is 0 Å². The third-order valence-electron chi connectivity index (χ3n) is 4.55. The molecule has 2 heterocycles. The second kappa shape index (κ2) is 7.31. The first kappa shape index (κ1) is 17.8. The molecule has 5 heteroatoms. The van der Waals surface area contributed by atoms with Gasteiger partial charge in [-0.05, 0) is 71.1 Å². The van der Waals surface area contributed by atoms with Crippen LogP contribution in [0.25, 0.3) is 25.1 Å². The molecule has 0 unspecified atom stereocenters. The number of hydrogen-bond acceptors (Lipinski definition) is 3. The molecular weight excluding hydrogens is 499 g/mol. The molecule has 0 aliphatic carbocycles. The van der Waals surface area contributed by atoms with Gasteiger partial charge in [0, 0.05) is 33.4 Å². The average Bonchev–Trinajstić information content (AvgIpc) is 3.30. The van der Waals surface area contributed by atoms with Gasteiger partial charge in [-0.3, -0.25) is 0 Å². The Morgan fingerprint density at radius 1 is 0.786 bits per heavy atom. The van der Waals surface area contributed by atoms with Crippen LogP contribution >= 0.6 is 44.4 Å². The van der Waals surface area contributed by atoms with Crippen LogP contribution in [0.15, 0.2) is 84.9 Å². The van der Waals surface area contributed by atoms with E-state index in [1.54, 1.807) is 6.07 Å². The zero-order chi connectivity index (χ0) is 19.1. The highest BCUT2D eigenvalue weighted by Crippen LogP contribution is 2.48. The third-order valence-corrected chi connectivity index (χ3v) is 8.76. The standard InChI is InChI=1S/C23H14IO2S2/c24-22-14-13-19(27-22)23(25)26-15-9-11-16(12-10-15)28-20-7-3-1-5-17(20)18-6-2-4-8-21(18)28/h1-14H/q+1. The van der Waals surface area contributed by atoms with Gasteiger partial charge >= 0.3 is 5.97 Å². The molecule has 2 aromatic heterocycles. The Hall–Kier alpha value is -2.22. The summed E-state index contributed by atoms with van der Waals surface area (Å²) in [7, 11) is -0.134. The Morgan fingerprint density at radius 3 is 1.96 bits per heavy atom. The zero-order valence-corrected chi connectivity index (χ0v) is 18.4. The maximum Gasteiger partial charge on any atom is 0.353 e. The van der Waals surface area contributed by atoms with Crippen molar-refractivity contribution in [3.8, 4) is 10.6 Å². The molecule has 3 aromatic carbocycles. The molecule has 0 saturated carbocycles. The zero-order valence-electron chi connectivity index (χ0n) is 14.6. The molecule has 5 rings (SSSR count). The second-order valence-corrected chi connectivity index (χ2v) is 11.2. The maximum absolute atomic E-state index is 12.3. The summed E-state index contributed by atoms with van der Waals surface area (Å²) in [5.74, 6) is 0.265. The van der Waals surface area contributed by atoms with Gasteiger partial charge in [0.2, 0.25) is 0 Å². The van der Waals surface area contributed by atoms with Crippen molar-refractivity contribution in [1.82, 2.24) is 0 Å². The van der Waals surface area contributed by atoms with Crippen molar-refractivity contribution in [1.29, 1.82) is 0 Å². The average molecular weight is 513 g/mol. The minimum Gasteiger partial charge on any atom is -0.422 e. The molecule has 0 aliphatic rings. The highest BCUT2D eigenvalue weighted by atomic mass is 127. The number of thiophene rings is 2. The molecule has 0 amide bonds. The number of hydrogen-bond donors (Lipinski definition) is 0. The van der Waals surface area contributed by atoms with E-state index in [0.29, 0.717) is 10.6 Å². The summed E-state index contributed by atoms with van der Waals surface area (Å²) >= 11 is 3.64. The Kier molecular flexibility index (Phi) is 4.66. The minimum atomic E-state index is -0.306. The van der Waals surface area contributed by atoms with E-state index in [9.17, 15) is 4.79 Å². The summed E-state index contributed by atoms with van der Waals surface area (Å²) in [5.41, 5.74) is 0. The van der Waals surface area contributed by atoms with Gasteiger partial charge in [0.05, 0.1) is 2.88 Å². The summed E-state index contributed by atoms with van der Waals surface area (Å²) in [6.45, 7) is 0. The number of carbonyl (C=O) groups is 1.